The Kier molecular flexibility index (Phi) is 3.01. The van der Waals surface area contributed by atoms with E-state index in [2.05, 4.69) is 29.9 Å². The van der Waals surface area contributed by atoms with E-state index in [1.165, 1.54) is 0 Å². The van der Waals surface area contributed by atoms with E-state index >= 15 is 0 Å². The number of thioether (sulfide) groups is 1. The molecule has 2 N–H and O–H groups in total. The van der Waals surface area contributed by atoms with E-state index in [9.17, 15) is 0 Å². The highest BCUT2D eigenvalue weighted by atomic mass is 32.2. The molecule has 0 saturated heterocycles. The third-order valence-electron chi connectivity index (χ3n) is 2.36. The molecule has 0 unspecified atom stereocenters. The van der Waals surface area contributed by atoms with Crippen molar-refractivity contribution < 1.29 is 0 Å². The number of nitriles is 1. The largest absolute Gasteiger partial charge is 0.382 e. The van der Waals surface area contributed by atoms with Crippen molar-refractivity contribution in [2.75, 3.05) is 5.73 Å². The summed E-state index contributed by atoms with van der Waals surface area (Å²) in [6.07, 6.45) is 2.22. The molecule has 5 heteroatoms. The summed E-state index contributed by atoms with van der Waals surface area (Å²) in [7, 11) is 0. The van der Waals surface area contributed by atoms with Crippen molar-refractivity contribution in [1.29, 1.82) is 5.26 Å². The Morgan fingerprint density at radius 2 is 2.12 bits per heavy atom. The summed E-state index contributed by atoms with van der Waals surface area (Å²) in [5, 5.41) is 10.1. The van der Waals surface area contributed by atoms with Gasteiger partial charge in [-0.05, 0) is 12.8 Å². The van der Waals surface area contributed by atoms with Crippen molar-refractivity contribution in [2.45, 2.75) is 43.0 Å². The molecule has 4 nitrogen and oxygen atoms in total. The molecule has 1 heterocycles. The number of rotatable bonds is 3. The van der Waals surface area contributed by atoms with Gasteiger partial charge in [-0.1, -0.05) is 25.6 Å². The average molecular weight is 234 g/mol. The van der Waals surface area contributed by atoms with Gasteiger partial charge in [0.2, 0.25) is 0 Å². The van der Waals surface area contributed by atoms with Crippen LogP contribution in [0.1, 0.15) is 43.9 Å². The number of hydrogen-bond acceptors (Lipinski definition) is 5. The van der Waals surface area contributed by atoms with Gasteiger partial charge in [0.15, 0.2) is 5.16 Å². The van der Waals surface area contributed by atoms with Crippen LogP contribution in [0.15, 0.2) is 5.16 Å². The van der Waals surface area contributed by atoms with Crippen LogP contribution in [0.2, 0.25) is 0 Å². The molecule has 2 rings (SSSR count). The third kappa shape index (κ3) is 2.27. The SMILES string of the molecule is CC(C)Sc1nc(N)c(C#N)c(C2CC2)n1. The second-order valence-electron chi connectivity index (χ2n) is 4.20. The first-order valence-electron chi connectivity index (χ1n) is 5.36. The van der Waals surface area contributed by atoms with Crippen LogP contribution in [0.3, 0.4) is 0 Å². The molecule has 1 aromatic heterocycles. The number of aromatic nitrogens is 2. The van der Waals surface area contributed by atoms with E-state index < -0.39 is 0 Å². The van der Waals surface area contributed by atoms with Gasteiger partial charge in [0.25, 0.3) is 0 Å². The van der Waals surface area contributed by atoms with Crippen LogP contribution in [-0.4, -0.2) is 15.2 Å². The standard InChI is InChI=1S/C11H14N4S/c1-6(2)16-11-14-9(7-3-4-7)8(5-12)10(13)15-11/h6-7H,3-4H2,1-2H3,(H2,13,14,15). The zero-order chi connectivity index (χ0) is 11.7. The first-order chi connectivity index (χ1) is 7.61. The van der Waals surface area contributed by atoms with Crippen LogP contribution in [0, 0.1) is 11.3 Å². The Morgan fingerprint density at radius 1 is 1.44 bits per heavy atom. The number of nitrogen functional groups attached to an aromatic ring is 1. The van der Waals surface area contributed by atoms with Crippen LogP contribution >= 0.6 is 11.8 Å². The molecule has 0 spiro atoms. The van der Waals surface area contributed by atoms with Crippen LogP contribution in [0.4, 0.5) is 5.82 Å². The molecule has 0 bridgehead atoms. The Bertz CT molecular complexity index is 446. The van der Waals surface area contributed by atoms with Gasteiger partial charge < -0.3 is 5.73 Å². The van der Waals surface area contributed by atoms with E-state index in [4.69, 9.17) is 11.0 Å². The molecular formula is C11H14N4S. The lowest BCUT2D eigenvalue weighted by Crippen LogP contribution is -2.05. The van der Waals surface area contributed by atoms with Crippen molar-refractivity contribution in [3.63, 3.8) is 0 Å². The predicted molar refractivity (Wildman–Crippen MR) is 64.1 cm³/mol. The van der Waals surface area contributed by atoms with Gasteiger partial charge in [0.05, 0.1) is 5.69 Å². The van der Waals surface area contributed by atoms with Crippen LogP contribution in [0.25, 0.3) is 0 Å². The normalized spacial score (nSPS) is 15.1. The second-order valence-corrected chi connectivity index (χ2v) is 5.75. The highest BCUT2D eigenvalue weighted by molar-refractivity contribution is 7.99. The summed E-state index contributed by atoms with van der Waals surface area (Å²) in [5.74, 6) is 0.744. The molecular weight excluding hydrogens is 220 g/mol. The summed E-state index contributed by atoms with van der Waals surface area (Å²) in [6.45, 7) is 4.17. The Hall–Kier alpha value is -1.28. The van der Waals surface area contributed by atoms with Crippen molar-refractivity contribution in [3.05, 3.63) is 11.3 Å². The predicted octanol–water partition coefficient (Wildman–Crippen LogP) is 2.31. The number of anilines is 1. The maximum atomic E-state index is 9.03. The molecule has 1 aliphatic rings. The van der Waals surface area contributed by atoms with Crippen LogP contribution in [-0.2, 0) is 0 Å². The third-order valence-corrected chi connectivity index (χ3v) is 3.23. The van der Waals surface area contributed by atoms with Crippen molar-refractivity contribution >= 4 is 17.6 Å². The van der Waals surface area contributed by atoms with Crippen molar-refractivity contribution in [3.8, 4) is 6.07 Å². The van der Waals surface area contributed by atoms with Crippen molar-refractivity contribution in [2.24, 2.45) is 0 Å². The van der Waals surface area contributed by atoms with Crippen molar-refractivity contribution in [1.82, 2.24) is 9.97 Å². The van der Waals surface area contributed by atoms with Gasteiger partial charge in [-0.15, -0.1) is 0 Å². The zero-order valence-electron chi connectivity index (χ0n) is 9.40. The Labute approximate surface area is 99.3 Å². The summed E-state index contributed by atoms with van der Waals surface area (Å²) in [6, 6.07) is 2.11. The van der Waals surface area contributed by atoms with Gasteiger partial charge in [-0.25, -0.2) is 9.97 Å². The summed E-state index contributed by atoms with van der Waals surface area (Å²) in [5.41, 5.74) is 7.10. The molecule has 0 aromatic carbocycles. The van der Waals surface area contributed by atoms with Gasteiger partial charge in [-0.2, -0.15) is 5.26 Å². The lowest BCUT2D eigenvalue weighted by Gasteiger charge is -2.08. The average Bonchev–Trinajstić information content (AvgIpc) is 2.98. The van der Waals surface area contributed by atoms with E-state index in [1.54, 1.807) is 11.8 Å². The fourth-order valence-electron chi connectivity index (χ4n) is 1.50. The molecule has 84 valence electrons. The zero-order valence-corrected chi connectivity index (χ0v) is 10.2. The van der Waals surface area contributed by atoms with Crippen LogP contribution in [0.5, 0.6) is 0 Å². The molecule has 1 aliphatic carbocycles. The fraction of sp³-hybridized carbons (Fsp3) is 0.545. The number of hydrogen-bond donors (Lipinski definition) is 1. The lowest BCUT2D eigenvalue weighted by atomic mass is 10.1. The number of nitrogens with zero attached hydrogens (tertiary/aromatic N) is 3. The topological polar surface area (TPSA) is 75.6 Å². The van der Waals surface area contributed by atoms with Gasteiger partial charge in [0.1, 0.15) is 17.5 Å². The first kappa shape index (κ1) is 11.2. The quantitative estimate of drug-likeness (QED) is 0.641. The number of nitrogens with two attached hydrogens (primary N) is 1. The molecule has 0 amide bonds. The van der Waals surface area contributed by atoms with E-state index in [1.807, 2.05) is 0 Å². The molecule has 1 saturated carbocycles. The highest BCUT2D eigenvalue weighted by Gasteiger charge is 2.30. The van der Waals surface area contributed by atoms with Gasteiger partial charge >= 0.3 is 0 Å². The molecule has 1 aromatic rings. The molecule has 0 atom stereocenters. The molecule has 0 aliphatic heterocycles. The lowest BCUT2D eigenvalue weighted by molar-refractivity contribution is 0.877. The maximum absolute atomic E-state index is 9.03. The minimum atomic E-state index is 0.322. The maximum Gasteiger partial charge on any atom is 0.190 e. The Balaban J connectivity index is 2.40. The minimum Gasteiger partial charge on any atom is -0.382 e. The van der Waals surface area contributed by atoms with E-state index in [-0.39, 0.29) is 0 Å². The summed E-state index contributed by atoms with van der Waals surface area (Å²) < 4.78 is 0. The van der Waals surface area contributed by atoms with E-state index in [0.717, 1.165) is 18.5 Å². The van der Waals surface area contributed by atoms with Gasteiger partial charge in [0, 0.05) is 11.2 Å². The Morgan fingerprint density at radius 3 is 2.62 bits per heavy atom. The minimum absolute atomic E-state index is 0.322. The fourth-order valence-corrected chi connectivity index (χ4v) is 2.23. The second kappa shape index (κ2) is 4.30. The smallest absolute Gasteiger partial charge is 0.190 e. The monoisotopic (exact) mass is 234 g/mol. The molecule has 1 fully saturated rings. The highest BCUT2D eigenvalue weighted by Crippen LogP contribution is 2.42. The van der Waals surface area contributed by atoms with Gasteiger partial charge in [-0.3, -0.25) is 0 Å². The summed E-state index contributed by atoms with van der Waals surface area (Å²) >= 11 is 1.58. The first-order valence-corrected chi connectivity index (χ1v) is 6.24. The van der Waals surface area contributed by atoms with E-state index in [0.29, 0.717) is 27.7 Å². The van der Waals surface area contributed by atoms with Crippen LogP contribution < -0.4 is 5.73 Å². The molecule has 16 heavy (non-hydrogen) atoms. The summed E-state index contributed by atoms with van der Waals surface area (Å²) in [4.78, 5) is 8.62. The molecule has 0 radical (unpaired) electrons.